The van der Waals surface area contributed by atoms with Crippen LogP contribution in [0.3, 0.4) is 0 Å². The van der Waals surface area contributed by atoms with E-state index in [-0.39, 0.29) is 16.7 Å². The van der Waals surface area contributed by atoms with Crippen LogP contribution in [0.5, 0.6) is 0 Å². The topological polar surface area (TPSA) is 88.1 Å². The van der Waals surface area contributed by atoms with Crippen LogP contribution in [0.15, 0.2) is 33.6 Å². The van der Waals surface area contributed by atoms with E-state index in [0.717, 1.165) is 19.3 Å². The second-order valence-corrected chi connectivity index (χ2v) is 7.88. The fourth-order valence-electron chi connectivity index (χ4n) is 3.27. The van der Waals surface area contributed by atoms with Crippen LogP contribution in [0.2, 0.25) is 0 Å². The molecule has 25 heavy (non-hydrogen) atoms. The number of likely N-dealkylation sites (tertiary alicyclic amines) is 1. The van der Waals surface area contributed by atoms with Crippen molar-refractivity contribution in [3.8, 4) is 0 Å². The molecule has 1 aromatic rings. The van der Waals surface area contributed by atoms with Gasteiger partial charge in [-0.2, -0.15) is 8.42 Å². The van der Waals surface area contributed by atoms with Crippen molar-refractivity contribution in [2.24, 2.45) is 10.3 Å². The molecule has 1 N–H and O–H groups in total. The minimum absolute atomic E-state index is 0.00976. The molecule has 1 atom stereocenters. The number of nitrogens with one attached hydrogen (secondary N) is 1. The molecule has 2 aliphatic rings. The second-order valence-electron chi connectivity index (χ2n) is 6.31. The number of carbonyl (C=O) groups excluding carboxylic acids is 1. The molecule has 0 radical (unpaired) electrons. The highest BCUT2D eigenvalue weighted by Crippen LogP contribution is 2.29. The predicted octanol–water partition coefficient (Wildman–Crippen LogP) is 1.00. The fraction of sp³-hybridized carbons (Fsp3) is 0.529. The highest BCUT2D eigenvalue weighted by atomic mass is 32.2. The first-order valence-corrected chi connectivity index (χ1v) is 9.93. The first-order valence-electron chi connectivity index (χ1n) is 8.49. The van der Waals surface area contributed by atoms with Crippen LogP contribution in [0.1, 0.15) is 24.8 Å². The Morgan fingerprint density at radius 3 is 3.00 bits per heavy atom. The van der Waals surface area contributed by atoms with Gasteiger partial charge in [0, 0.05) is 38.9 Å². The molecular formula is C17H23N3O4S. The number of hydrogen-bond acceptors (Lipinski definition) is 5. The summed E-state index contributed by atoms with van der Waals surface area (Å²) in [6.07, 6.45) is 2.41. The van der Waals surface area contributed by atoms with Gasteiger partial charge >= 0.3 is 0 Å². The molecule has 2 aliphatic heterocycles. The summed E-state index contributed by atoms with van der Waals surface area (Å²) in [5.41, 5.74) is 0.628. The highest BCUT2D eigenvalue weighted by Gasteiger charge is 2.35. The van der Waals surface area contributed by atoms with Crippen molar-refractivity contribution in [3.63, 3.8) is 0 Å². The summed E-state index contributed by atoms with van der Waals surface area (Å²) in [4.78, 5) is 14.5. The predicted molar refractivity (Wildman–Crippen MR) is 94.0 cm³/mol. The van der Waals surface area contributed by atoms with Crippen LogP contribution in [0, 0.1) is 5.92 Å². The molecule has 7 nitrogen and oxygen atoms in total. The molecule has 0 aromatic heterocycles. The molecule has 3 rings (SSSR count). The van der Waals surface area contributed by atoms with Gasteiger partial charge in [0.2, 0.25) is 5.91 Å². The van der Waals surface area contributed by atoms with Crippen molar-refractivity contribution in [1.82, 2.24) is 10.2 Å². The summed E-state index contributed by atoms with van der Waals surface area (Å²) in [6.45, 7) is 2.39. The van der Waals surface area contributed by atoms with Crippen molar-refractivity contribution in [2.75, 3.05) is 33.4 Å². The van der Waals surface area contributed by atoms with Crippen LogP contribution in [0.25, 0.3) is 0 Å². The summed E-state index contributed by atoms with van der Waals surface area (Å²) >= 11 is 0. The van der Waals surface area contributed by atoms with Gasteiger partial charge in [0.1, 0.15) is 4.90 Å². The molecule has 2 heterocycles. The Kier molecular flexibility index (Phi) is 5.39. The Hall–Kier alpha value is -1.93. The van der Waals surface area contributed by atoms with E-state index in [1.807, 2.05) is 4.90 Å². The zero-order valence-corrected chi connectivity index (χ0v) is 15.1. The molecule has 8 heteroatoms. The van der Waals surface area contributed by atoms with Crippen LogP contribution in [-0.4, -0.2) is 58.4 Å². The van der Waals surface area contributed by atoms with Gasteiger partial charge in [-0.3, -0.25) is 4.79 Å². The lowest BCUT2D eigenvalue weighted by molar-refractivity contribution is -0.126. The summed E-state index contributed by atoms with van der Waals surface area (Å²) in [6, 6.07) is 6.85. The summed E-state index contributed by atoms with van der Waals surface area (Å²) in [5, 5.41) is 2.93. The van der Waals surface area contributed by atoms with Gasteiger partial charge in [-0.15, -0.1) is 4.40 Å². The number of piperidine rings is 1. The van der Waals surface area contributed by atoms with Crippen LogP contribution in [0.4, 0.5) is 0 Å². The van der Waals surface area contributed by atoms with Crippen molar-refractivity contribution < 1.29 is 17.9 Å². The maximum Gasteiger partial charge on any atom is 0.285 e. The van der Waals surface area contributed by atoms with Crippen molar-refractivity contribution in [1.29, 1.82) is 0 Å². The molecule has 1 aromatic carbocycles. The standard InChI is InChI=1S/C17H23N3O4S/c1-24-11-5-9-18-17(21)13-6-4-10-20(12-13)16-14-7-2-3-8-15(14)25(22,23)19-16/h2-3,7-8,13H,4-6,9-12H2,1H3,(H,18,21). The fourth-order valence-corrected chi connectivity index (χ4v) is 4.50. The number of fused-ring (bicyclic) bond motifs is 1. The van der Waals surface area contributed by atoms with E-state index < -0.39 is 10.0 Å². The minimum Gasteiger partial charge on any atom is -0.385 e. The molecule has 0 spiro atoms. The molecular weight excluding hydrogens is 342 g/mol. The van der Waals surface area contributed by atoms with E-state index in [4.69, 9.17) is 4.74 Å². The number of nitrogens with zero attached hydrogens (tertiary/aromatic N) is 2. The van der Waals surface area contributed by atoms with Gasteiger partial charge in [-0.25, -0.2) is 0 Å². The first-order chi connectivity index (χ1) is 12.0. The van der Waals surface area contributed by atoms with E-state index in [9.17, 15) is 13.2 Å². The maximum absolute atomic E-state index is 12.4. The molecule has 0 bridgehead atoms. The third-order valence-electron chi connectivity index (χ3n) is 4.53. The van der Waals surface area contributed by atoms with Gasteiger partial charge < -0.3 is 15.0 Å². The summed E-state index contributed by atoms with van der Waals surface area (Å²) in [5.74, 6) is 0.317. The Labute approximate surface area is 148 Å². The smallest absolute Gasteiger partial charge is 0.285 e. The Morgan fingerprint density at radius 1 is 1.40 bits per heavy atom. The number of rotatable bonds is 5. The molecule has 0 aliphatic carbocycles. The number of sulfonamides is 1. The van der Waals surface area contributed by atoms with Crippen LogP contribution >= 0.6 is 0 Å². The number of hydrogen-bond donors (Lipinski definition) is 1. The van der Waals surface area contributed by atoms with Crippen molar-refractivity contribution in [2.45, 2.75) is 24.2 Å². The molecule has 1 amide bonds. The minimum atomic E-state index is -3.63. The Morgan fingerprint density at radius 2 is 2.20 bits per heavy atom. The summed E-state index contributed by atoms with van der Waals surface area (Å²) in [7, 11) is -2.00. The van der Waals surface area contributed by atoms with E-state index in [0.29, 0.717) is 37.6 Å². The third kappa shape index (κ3) is 3.85. The van der Waals surface area contributed by atoms with Gasteiger partial charge in [0.25, 0.3) is 10.0 Å². The quantitative estimate of drug-likeness (QED) is 0.787. The van der Waals surface area contributed by atoms with Crippen LogP contribution in [-0.2, 0) is 19.6 Å². The van der Waals surface area contributed by atoms with Gasteiger partial charge in [-0.1, -0.05) is 12.1 Å². The number of amides is 1. The van der Waals surface area contributed by atoms with Crippen LogP contribution < -0.4 is 5.32 Å². The Balaban J connectivity index is 1.69. The SMILES string of the molecule is COCCCNC(=O)C1CCCN(C2=NS(=O)(=O)c3ccccc32)C1. The lowest BCUT2D eigenvalue weighted by Gasteiger charge is -2.33. The normalized spacial score (nSPS) is 21.6. The molecule has 136 valence electrons. The zero-order chi connectivity index (χ0) is 17.9. The maximum atomic E-state index is 12.4. The first kappa shape index (κ1) is 17.9. The second kappa shape index (κ2) is 7.53. The number of benzene rings is 1. The van der Waals surface area contributed by atoms with E-state index in [2.05, 4.69) is 9.71 Å². The average Bonchev–Trinajstić information content (AvgIpc) is 2.90. The highest BCUT2D eigenvalue weighted by molar-refractivity contribution is 7.90. The zero-order valence-electron chi connectivity index (χ0n) is 14.3. The Bertz CT molecular complexity index is 776. The monoisotopic (exact) mass is 365 g/mol. The number of carbonyl (C=O) groups is 1. The lowest BCUT2D eigenvalue weighted by Crippen LogP contribution is -2.45. The van der Waals surface area contributed by atoms with Gasteiger partial charge in [0.15, 0.2) is 5.84 Å². The lowest BCUT2D eigenvalue weighted by atomic mass is 9.96. The van der Waals surface area contributed by atoms with Gasteiger partial charge in [-0.05, 0) is 31.4 Å². The van der Waals surface area contributed by atoms with Crippen molar-refractivity contribution in [3.05, 3.63) is 29.8 Å². The van der Waals surface area contributed by atoms with E-state index in [1.165, 1.54) is 0 Å². The van der Waals surface area contributed by atoms with Crippen molar-refractivity contribution >= 4 is 21.8 Å². The number of methoxy groups -OCH3 is 1. The molecule has 1 unspecified atom stereocenters. The number of amidine groups is 1. The number of ether oxygens (including phenoxy) is 1. The third-order valence-corrected chi connectivity index (χ3v) is 5.85. The molecule has 1 fully saturated rings. The van der Waals surface area contributed by atoms with Gasteiger partial charge in [0.05, 0.1) is 5.92 Å². The van der Waals surface area contributed by atoms with E-state index in [1.54, 1.807) is 31.4 Å². The average molecular weight is 365 g/mol. The molecule has 1 saturated heterocycles. The molecule has 0 saturated carbocycles. The summed E-state index contributed by atoms with van der Waals surface area (Å²) < 4.78 is 33.4. The van der Waals surface area contributed by atoms with E-state index >= 15 is 0 Å². The largest absolute Gasteiger partial charge is 0.385 e.